The lowest BCUT2D eigenvalue weighted by Crippen LogP contribution is -2.33. The van der Waals surface area contributed by atoms with Crippen molar-refractivity contribution in [2.75, 3.05) is 13.6 Å². The fourth-order valence-corrected chi connectivity index (χ4v) is 6.33. The first-order valence-electron chi connectivity index (χ1n) is 13.4. The third-order valence-electron chi connectivity index (χ3n) is 7.91. The van der Waals surface area contributed by atoms with E-state index in [9.17, 15) is 14.7 Å². The van der Waals surface area contributed by atoms with E-state index in [1.807, 2.05) is 30.3 Å². The summed E-state index contributed by atoms with van der Waals surface area (Å²) in [5.74, 6) is 0.899. The number of benzene rings is 2. The molecule has 2 aliphatic rings. The van der Waals surface area contributed by atoms with Crippen molar-refractivity contribution >= 4 is 11.8 Å². The predicted molar refractivity (Wildman–Crippen MR) is 144 cm³/mol. The van der Waals surface area contributed by atoms with E-state index < -0.39 is 5.97 Å². The van der Waals surface area contributed by atoms with E-state index >= 15 is 0 Å². The molecule has 2 fully saturated rings. The van der Waals surface area contributed by atoms with Gasteiger partial charge in [-0.25, -0.2) is 0 Å². The van der Waals surface area contributed by atoms with Crippen LogP contribution in [0.15, 0.2) is 42.5 Å². The van der Waals surface area contributed by atoms with E-state index in [0.717, 1.165) is 54.7 Å². The van der Waals surface area contributed by atoms with Gasteiger partial charge in [0, 0.05) is 18.5 Å². The zero-order chi connectivity index (χ0) is 26.0. The Hall–Kier alpha value is -2.66. The highest BCUT2D eigenvalue weighted by molar-refractivity contribution is 5.85. The second-order valence-electron chi connectivity index (χ2n) is 12.0. The number of hydrogen-bond donors (Lipinski definition) is 1. The highest BCUT2D eigenvalue weighted by atomic mass is 16.5. The molecule has 5 heteroatoms. The molecular weight excluding hydrogens is 450 g/mol. The van der Waals surface area contributed by atoms with Crippen molar-refractivity contribution in [3.63, 3.8) is 0 Å². The first kappa shape index (κ1) is 26.4. The Morgan fingerprint density at radius 3 is 2.53 bits per heavy atom. The summed E-state index contributed by atoms with van der Waals surface area (Å²) in [6.07, 6.45) is 4.30. The quantitative estimate of drug-likeness (QED) is 0.443. The van der Waals surface area contributed by atoms with Gasteiger partial charge in [-0.15, -0.1) is 0 Å². The average Bonchev–Trinajstić information content (AvgIpc) is 3.35. The summed E-state index contributed by atoms with van der Waals surface area (Å²) in [4.78, 5) is 27.0. The number of hydrogen-bond acceptors (Lipinski definition) is 4. The lowest BCUT2D eigenvalue weighted by molar-refractivity contribution is -0.136. The Bertz CT molecular complexity index is 1110. The Kier molecular flexibility index (Phi) is 7.89. The summed E-state index contributed by atoms with van der Waals surface area (Å²) in [5, 5.41) is 9.58. The molecule has 1 aliphatic heterocycles. The minimum Gasteiger partial charge on any atom is -0.490 e. The van der Waals surface area contributed by atoms with E-state index in [2.05, 4.69) is 51.8 Å². The Labute approximate surface area is 215 Å². The Morgan fingerprint density at radius 1 is 1.11 bits per heavy atom. The van der Waals surface area contributed by atoms with E-state index in [1.165, 1.54) is 5.56 Å². The monoisotopic (exact) mass is 491 g/mol. The number of carboxylic acid groups (broad SMARTS) is 1. The zero-order valence-electron chi connectivity index (χ0n) is 22.4. The lowest BCUT2D eigenvalue weighted by Gasteiger charge is -2.22. The van der Waals surface area contributed by atoms with Gasteiger partial charge in [-0.05, 0) is 72.7 Å². The lowest BCUT2D eigenvalue weighted by atomic mass is 9.87. The molecule has 1 aliphatic carbocycles. The number of aliphatic carboxylic acids is 1. The molecule has 0 bridgehead atoms. The Balaban J connectivity index is 1.52. The molecule has 1 saturated heterocycles. The number of likely N-dealkylation sites (N-methyl/N-ethyl adjacent to an activating group) is 1. The first-order valence-corrected chi connectivity index (χ1v) is 13.4. The number of nitrogens with zero attached hydrogens (tertiary/aromatic N) is 1. The van der Waals surface area contributed by atoms with Crippen LogP contribution in [0.5, 0.6) is 5.75 Å². The Morgan fingerprint density at radius 2 is 1.86 bits per heavy atom. The van der Waals surface area contributed by atoms with Gasteiger partial charge >= 0.3 is 5.97 Å². The smallest absolute Gasteiger partial charge is 0.307 e. The minimum absolute atomic E-state index is 0.0330. The predicted octanol–water partition coefficient (Wildman–Crippen LogP) is 6.34. The van der Waals surface area contributed by atoms with Crippen molar-refractivity contribution < 1.29 is 19.4 Å². The average molecular weight is 492 g/mol. The molecule has 1 heterocycles. The molecule has 0 aromatic heterocycles. The van der Waals surface area contributed by atoms with Gasteiger partial charge in [0.2, 0.25) is 0 Å². The fraction of sp³-hybridized carbons (Fsp3) is 0.548. The maximum Gasteiger partial charge on any atom is 0.307 e. The van der Waals surface area contributed by atoms with Gasteiger partial charge < -0.3 is 9.84 Å². The number of likely N-dealkylation sites (tertiary alicyclic amines) is 1. The van der Waals surface area contributed by atoms with Crippen LogP contribution in [-0.2, 0) is 16.0 Å². The largest absolute Gasteiger partial charge is 0.490 e. The molecule has 0 amide bonds. The minimum atomic E-state index is -0.852. The standard InChI is InChI=1S/C31H41NO4/c1-20(2)24-10-6-7-11-25(24)30-22(17-29(34)35)9-8-12-28(30)36-23-14-13-21(15-23)16-27(33)26-18-31(3,4)19-32(26)5/h6-12,20-21,23,26H,13-19H2,1-5H3,(H,34,35)/t21-,23-,26+/m1/s1. The molecule has 3 atom stereocenters. The highest BCUT2D eigenvalue weighted by Crippen LogP contribution is 2.41. The van der Waals surface area contributed by atoms with Crippen molar-refractivity contribution in [3.8, 4) is 16.9 Å². The van der Waals surface area contributed by atoms with E-state index in [4.69, 9.17) is 4.74 Å². The third-order valence-corrected chi connectivity index (χ3v) is 7.91. The van der Waals surface area contributed by atoms with Crippen molar-refractivity contribution in [3.05, 3.63) is 53.6 Å². The molecule has 4 rings (SSSR count). The molecule has 0 unspecified atom stereocenters. The van der Waals surface area contributed by atoms with Gasteiger partial charge in [0.1, 0.15) is 11.5 Å². The molecule has 36 heavy (non-hydrogen) atoms. The maximum absolute atomic E-state index is 13.1. The molecule has 2 aromatic rings. The summed E-state index contributed by atoms with van der Waals surface area (Å²) in [7, 11) is 2.07. The number of Topliss-reactive ketones (excluding diaryl/α,β-unsaturated/α-hetero) is 1. The van der Waals surface area contributed by atoms with E-state index in [0.29, 0.717) is 24.0 Å². The van der Waals surface area contributed by atoms with Gasteiger partial charge in [-0.3, -0.25) is 14.5 Å². The van der Waals surface area contributed by atoms with E-state index in [1.54, 1.807) is 0 Å². The van der Waals surface area contributed by atoms with Crippen LogP contribution >= 0.6 is 0 Å². The summed E-state index contributed by atoms with van der Waals surface area (Å²) < 4.78 is 6.59. The van der Waals surface area contributed by atoms with Crippen LogP contribution < -0.4 is 4.74 Å². The third kappa shape index (κ3) is 6.00. The van der Waals surface area contributed by atoms with Gasteiger partial charge in [-0.1, -0.05) is 64.1 Å². The molecule has 194 valence electrons. The van der Waals surface area contributed by atoms with Crippen LogP contribution in [0.4, 0.5) is 0 Å². The number of ether oxygens (including phenoxy) is 1. The molecule has 1 N–H and O–H groups in total. The fourth-order valence-electron chi connectivity index (χ4n) is 6.33. The van der Waals surface area contributed by atoms with Crippen molar-refractivity contribution in [1.29, 1.82) is 0 Å². The molecule has 5 nitrogen and oxygen atoms in total. The number of ketones is 1. The highest BCUT2D eigenvalue weighted by Gasteiger charge is 2.40. The van der Waals surface area contributed by atoms with Crippen molar-refractivity contribution in [2.45, 2.75) is 84.3 Å². The van der Waals surface area contributed by atoms with Crippen molar-refractivity contribution in [2.24, 2.45) is 11.3 Å². The zero-order valence-corrected chi connectivity index (χ0v) is 22.4. The summed E-state index contributed by atoms with van der Waals surface area (Å²) in [5.41, 5.74) is 4.07. The van der Waals surface area contributed by atoms with Crippen LogP contribution in [0.3, 0.4) is 0 Å². The van der Waals surface area contributed by atoms with Gasteiger partial charge in [0.05, 0.1) is 18.6 Å². The van der Waals surface area contributed by atoms with Gasteiger partial charge in [0.25, 0.3) is 0 Å². The summed E-state index contributed by atoms with van der Waals surface area (Å²) in [6, 6.07) is 14.0. The normalized spacial score (nSPS) is 23.8. The SMILES string of the molecule is CC(C)c1ccccc1-c1c(CC(=O)O)cccc1O[C@@H]1CC[C@@H](CC(=O)[C@@H]2CC(C)(C)CN2C)C1. The van der Waals surface area contributed by atoms with E-state index in [-0.39, 0.29) is 24.0 Å². The summed E-state index contributed by atoms with van der Waals surface area (Å²) in [6.45, 7) is 9.75. The molecule has 2 aromatic carbocycles. The molecule has 0 radical (unpaired) electrons. The van der Waals surface area contributed by atoms with Crippen molar-refractivity contribution in [1.82, 2.24) is 4.90 Å². The second-order valence-corrected chi connectivity index (χ2v) is 12.0. The summed E-state index contributed by atoms with van der Waals surface area (Å²) >= 11 is 0. The van der Waals surface area contributed by atoms with Crippen LogP contribution in [0.1, 0.15) is 76.8 Å². The van der Waals surface area contributed by atoms with Crippen LogP contribution in [0.25, 0.3) is 11.1 Å². The number of carboxylic acids is 1. The molecular formula is C31H41NO4. The molecule has 0 spiro atoms. The van der Waals surface area contributed by atoms with Gasteiger partial charge in [0.15, 0.2) is 0 Å². The molecule has 1 saturated carbocycles. The number of carbonyl (C=O) groups excluding carboxylic acids is 1. The maximum atomic E-state index is 13.1. The number of carbonyl (C=O) groups is 2. The second kappa shape index (κ2) is 10.8. The van der Waals surface area contributed by atoms with Gasteiger partial charge in [-0.2, -0.15) is 0 Å². The van der Waals surface area contributed by atoms with Crippen LogP contribution in [-0.4, -0.2) is 47.5 Å². The van der Waals surface area contributed by atoms with Crippen LogP contribution in [0, 0.1) is 11.3 Å². The first-order chi connectivity index (χ1) is 17.0. The van der Waals surface area contributed by atoms with Crippen LogP contribution in [0.2, 0.25) is 0 Å². The topological polar surface area (TPSA) is 66.8 Å². The number of rotatable bonds is 9.